The normalized spacial score (nSPS) is 22.5. The van der Waals surface area contributed by atoms with Crippen molar-refractivity contribution in [3.63, 3.8) is 0 Å². The highest BCUT2D eigenvalue weighted by Crippen LogP contribution is 2.15. The van der Waals surface area contributed by atoms with Crippen molar-refractivity contribution in [1.82, 2.24) is 9.21 Å². The van der Waals surface area contributed by atoms with E-state index in [4.69, 9.17) is 0 Å². The highest BCUT2D eigenvalue weighted by atomic mass is 32.2. The number of piperidine rings is 1. The van der Waals surface area contributed by atoms with Crippen LogP contribution in [0.3, 0.4) is 0 Å². The number of nitrogens with zero attached hydrogens (tertiary/aromatic N) is 2. The van der Waals surface area contributed by atoms with Crippen molar-refractivity contribution >= 4 is 10.0 Å². The Morgan fingerprint density at radius 2 is 1.69 bits per heavy atom. The van der Waals surface area contributed by atoms with Gasteiger partial charge in [-0.25, -0.2) is 12.7 Å². The molecule has 13 heavy (non-hydrogen) atoms. The SMILES string of the molecule is CN(C)C1CCN(S(C)(=O)=O)CC1. The monoisotopic (exact) mass is 206 g/mol. The van der Waals surface area contributed by atoms with Gasteiger partial charge in [-0.1, -0.05) is 0 Å². The van der Waals surface area contributed by atoms with Gasteiger partial charge in [0, 0.05) is 19.1 Å². The molecule has 1 saturated heterocycles. The first-order chi connectivity index (χ1) is 5.91. The maximum absolute atomic E-state index is 11.2. The Morgan fingerprint density at radius 3 is 2.00 bits per heavy atom. The summed E-state index contributed by atoms with van der Waals surface area (Å²) in [6.07, 6.45) is 3.17. The molecule has 1 heterocycles. The number of sulfonamides is 1. The van der Waals surface area contributed by atoms with E-state index in [-0.39, 0.29) is 0 Å². The summed E-state index contributed by atoms with van der Waals surface area (Å²) >= 11 is 0. The molecule has 1 aliphatic rings. The third-order valence-electron chi connectivity index (χ3n) is 2.62. The molecule has 0 aromatic rings. The highest BCUT2D eigenvalue weighted by Gasteiger charge is 2.25. The first-order valence-electron chi connectivity index (χ1n) is 4.53. The molecule has 0 unspecified atom stereocenters. The molecule has 0 amide bonds. The van der Waals surface area contributed by atoms with Gasteiger partial charge in [-0.3, -0.25) is 0 Å². The van der Waals surface area contributed by atoms with E-state index in [0.29, 0.717) is 19.1 Å². The number of hydrogen-bond donors (Lipinski definition) is 0. The van der Waals surface area contributed by atoms with E-state index in [1.165, 1.54) is 6.26 Å². The Hall–Kier alpha value is -0.130. The molecule has 4 nitrogen and oxygen atoms in total. The zero-order chi connectivity index (χ0) is 10.1. The van der Waals surface area contributed by atoms with Crippen LogP contribution in [0.4, 0.5) is 0 Å². The summed E-state index contributed by atoms with van der Waals surface area (Å²) in [5.74, 6) is 0. The average Bonchev–Trinajstić information content (AvgIpc) is 2.03. The van der Waals surface area contributed by atoms with E-state index in [1.807, 2.05) is 14.1 Å². The van der Waals surface area contributed by atoms with Crippen LogP contribution in [0, 0.1) is 0 Å². The van der Waals surface area contributed by atoms with E-state index in [9.17, 15) is 8.42 Å². The second-order valence-electron chi connectivity index (χ2n) is 3.86. The maximum Gasteiger partial charge on any atom is 0.211 e. The van der Waals surface area contributed by atoms with Crippen molar-refractivity contribution in [3.05, 3.63) is 0 Å². The van der Waals surface area contributed by atoms with Gasteiger partial charge >= 0.3 is 0 Å². The van der Waals surface area contributed by atoms with Crippen LogP contribution in [0.1, 0.15) is 12.8 Å². The van der Waals surface area contributed by atoms with Crippen molar-refractivity contribution in [2.75, 3.05) is 33.4 Å². The molecule has 0 radical (unpaired) electrons. The van der Waals surface area contributed by atoms with E-state index in [0.717, 1.165) is 12.8 Å². The van der Waals surface area contributed by atoms with Crippen LogP contribution < -0.4 is 0 Å². The smallest absolute Gasteiger partial charge is 0.211 e. The zero-order valence-electron chi connectivity index (χ0n) is 8.52. The Bertz CT molecular complexity index is 253. The molecule has 1 rings (SSSR count). The first kappa shape index (κ1) is 10.9. The minimum absolute atomic E-state index is 0.540. The average molecular weight is 206 g/mol. The van der Waals surface area contributed by atoms with Crippen molar-refractivity contribution in [2.24, 2.45) is 0 Å². The number of hydrogen-bond acceptors (Lipinski definition) is 3. The molecular weight excluding hydrogens is 188 g/mol. The Kier molecular flexibility index (Phi) is 3.32. The lowest BCUT2D eigenvalue weighted by Gasteiger charge is -2.33. The van der Waals surface area contributed by atoms with Crippen LogP contribution in [-0.2, 0) is 10.0 Å². The van der Waals surface area contributed by atoms with Crippen LogP contribution in [0.25, 0.3) is 0 Å². The Morgan fingerprint density at radius 1 is 1.23 bits per heavy atom. The van der Waals surface area contributed by atoms with E-state index >= 15 is 0 Å². The fraction of sp³-hybridized carbons (Fsp3) is 1.00. The molecule has 1 aliphatic heterocycles. The summed E-state index contributed by atoms with van der Waals surface area (Å²) in [5.41, 5.74) is 0. The lowest BCUT2D eigenvalue weighted by molar-refractivity contribution is 0.197. The van der Waals surface area contributed by atoms with E-state index in [2.05, 4.69) is 4.90 Å². The maximum atomic E-state index is 11.2. The minimum Gasteiger partial charge on any atom is -0.306 e. The molecule has 0 aromatic carbocycles. The summed E-state index contributed by atoms with van der Waals surface area (Å²) in [5, 5.41) is 0. The molecular formula is C8H18N2O2S. The standard InChI is InChI=1S/C8H18N2O2S/c1-9(2)8-4-6-10(7-5-8)13(3,11)12/h8H,4-7H2,1-3H3. The van der Waals surface area contributed by atoms with Gasteiger partial charge in [-0.15, -0.1) is 0 Å². The van der Waals surface area contributed by atoms with Crippen LogP contribution in [-0.4, -0.2) is 57.1 Å². The third kappa shape index (κ3) is 2.93. The number of rotatable bonds is 2. The van der Waals surface area contributed by atoms with E-state index < -0.39 is 10.0 Å². The highest BCUT2D eigenvalue weighted by molar-refractivity contribution is 7.88. The van der Waals surface area contributed by atoms with Crippen molar-refractivity contribution in [1.29, 1.82) is 0 Å². The minimum atomic E-state index is -2.96. The Balaban J connectivity index is 2.49. The molecule has 78 valence electrons. The summed E-state index contributed by atoms with van der Waals surface area (Å²) in [4.78, 5) is 2.17. The molecule has 0 N–H and O–H groups in total. The van der Waals surface area contributed by atoms with Crippen molar-refractivity contribution in [3.8, 4) is 0 Å². The van der Waals surface area contributed by atoms with Crippen molar-refractivity contribution < 1.29 is 8.42 Å². The summed E-state index contributed by atoms with van der Waals surface area (Å²) in [6.45, 7) is 1.34. The van der Waals surface area contributed by atoms with Crippen LogP contribution in [0.2, 0.25) is 0 Å². The fourth-order valence-corrected chi connectivity index (χ4v) is 2.56. The van der Waals surface area contributed by atoms with Gasteiger partial charge in [0.05, 0.1) is 6.26 Å². The van der Waals surface area contributed by atoms with Gasteiger partial charge in [0.1, 0.15) is 0 Å². The molecule has 0 aliphatic carbocycles. The predicted octanol–water partition coefficient (Wildman–Crippen LogP) is -0.0280. The molecule has 0 atom stereocenters. The van der Waals surface area contributed by atoms with Crippen molar-refractivity contribution in [2.45, 2.75) is 18.9 Å². The Labute approximate surface area is 80.6 Å². The fourth-order valence-electron chi connectivity index (χ4n) is 1.69. The molecule has 0 bridgehead atoms. The second kappa shape index (κ2) is 3.94. The zero-order valence-corrected chi connectivity index (χ0v) is 9.34. The quantitative estimate of drug-likeness (QED) is 0.637. The third-order valence-corrected chi connectivity index (χ3v) is 3.93. The lowest BCUT2D eigenvalue weighted by atomic mass is 10.1. The largest absolute Gasteiger partial charge is 0.306 e. The van der Waals surface area contributed by atoms with Crippen LogP contribution in [0.5, 0.6) is 0 Å². The van der Waals surface area contributed by atoms with Gasteiger partial charge in [0.15, 0.2) is 0 Å². The topological polar surface area (TPSA) is 40.6 Å². The van der Waals surface area contributed by atoms with Crippen LogP contribution >= 0.6 is 0 Å². The lowest BCUT2D eigenvalue weighted by Crippen LogP contribution is -2.43. The first-order valence-corrected chi connectivity index (χ1v) is 6.37. The van der Waals surface area contributed by atoms with Crippen LogP contribution in [0.15, 0.2) is 0 Å². The molecule has 0 saturated carbocycles. The van der Waals surface area contributed by atoms with Gasteiger partial charge in [0.2, 0.25) is 10.0 Å². The van der Waals surface area contributed by atoms with Gasteiger partial charge < -0.3 is 4.90 Å². The van der Waals surface area contributed by atoms with Gasteiger partial charge in [-0.2, -0.15) is 0 Å². The molecule has 5 heteroatoms. The second-order valence-corrected chi connectivity index (χ2v) is 5.84. The molecule has 1 fully saturated rings. The van der Waals surface area contributed by atoms with Gasteiger partial charge in [-0.05, 0) is 26.9 Å². The summed E-state index contributed by atoms with van der Waals surface area (Å²) in [6, 6.07) is 0.540. The summed E-state index contributed by atoms with van der Waals surface area (Å²) < 4.78 is 23.9. The molecule has 0 aromatic heterocycles. The predicted molar refractivity (Wildman–Crippen MR) is 53.1 cm³/mol. The molecule has 0 spiro atoms. The summed E-state index contributed by atoms with van der Waals surface area (Å²) in [7, 11) is 1.12. The van der Waals surface area contributed by atoms with E-state index in [1.54, 1.807) is 4.31 Å². The van der Waals surface area contributed by atoms with Gasteiger partial charge in [0.25, 0.3) is 0 Å².